The van der Waals surface area contributed by atoms with Crippen LogP contribution in [0.4, 0.5) is 10.1 Å². The first kappa shape index (κ1) is 18.7. The number of furan rings is 1. The molecule has 3 aromatic rings. The van der Waals surface area contributed by atoms with Crippen LogP contribution in [0.15, 0.2) is 65.1 Å². The largest absolute Gasteiger partial charge is 0.451 e. The zero-order valence-corrected chi connectivity index (χ0v) is 15.2. The maximum atomic E-state index is 12.9. The summed E-state index contributed by atoms with van der Waals surface area (Å²) < 4.78 is 18.5. The number of benzene rings is 2. The molecule has 0 aliphatic carbocycles. The van der Waals surface area contributed by atoms with Crippen LogP contribution in [0.5, 0.6) is 0 Å². The van der Waals surface area contributed by atoms with E-state index in [2.05, 4.69) is 5.32 Å². The van der Waals surface area contributed by atoms with Crippen LogP contribution in [0.1, 0.15) is 10.6 Å². The molecule has 0 fully saturated rings. The van der Waals surface area contributed by atoms with Crippen molar-refractivity contribution in [2.75, 3.05) is 18.9 Å². The lowest BCUT2D eigenvalue weighted by Crippen LogP contribution is -2.34. The number of anilines is 1. The molecule has 1 aromatic heterocycles. The molecule has 0 spiro atoms. The SMILES string of the molecule is CN(CC(=O)Nc1ccc(F)cc1)C(=O)c1ccc(-c2ccccc2Cl)o1. The number of nitrogens with zero attached hydrogens (tertiary/aromatic N) is 1. The molecule has 0 bridgehead atoms. The van der Waals surface area contributed by atoms with Crippen molar-refractivity contribution in [2.24, 2.45) is 0 Å². The fraction of sp³-hybridized carbons (Fsp3) is 0.100. The third-order valence-corrected chi connectivity index (χ3v) is 4.14. The standard InChI is InChI=1S/C20H16ClFN2O3/c1-24(12-19(25)23-14-8-6-13(22)7-9-14)20(26)18-11-10-17(27-18)15-4-2-3-5-16(15)21/h2-11H,12H2,1H3,(H,23,25). The van der Waals surface area contributed by atoms with Crippen molar-refractivity contribution in [1.29, 1.82) is 0 Å². The second-order valence-electron chi connectivity index (χ2n) is 5.86. The molecular formula is C20H16ClFN2O3. The third-order valence-electron chi connectivity index (χ3n) is 3.81. The molecule has 2 amide bonds. The second-order valence-corrected chi connectivity index (χ2v) is 6.27. The van der Waals surface area contributed by atoms with E-state index in [-0.39, 0.29) is 12.3 Å². The number of hydrogen-bond acceptors (Lipinski definition) is 3. The summed E-state index contributed by atoms with van der Waals surface area (Å²) in [6.45, 7) is -0.182. The summed E-state index contributed by atoms with van der Waals surface area (Å²) in [5, 5.41) is 3.11. The minimum absolute atomic E-state index is 0.0991. The lowest BCUT2D eigenvalue weighted by Gasteiger charge is -2.15. The highest BCUT2D eigenvalue weighted by atomic mass is 35.5. The normalized spacial score (nSPS) is 10.5. The maximum absolute atomic E-state index is 12.9. The molecule has 0 unspecified atom stereocenters. The van der Waals surface area contributed by atoms with E-state index in [0.717, 1.165) is 0 Å². The van der Waals surface area contributed by atoms with Crippen LogP contribution in [0.25, 0.3) is 11.3 Å². The van der Waals surface area contributed by atoms with Gasteiger partial charge in [-0.3, -0.25) is 9.59 Å². The van der Waals surface area contributed by atoms with Gasteiger partial charge in [0.2, 0.25) is 5.91 Å². The molecule has 0 aliphatic heterocycles. The highest BCUT2D eigenvalue weighted by molar-refractivity contribution is 6.33. The van der Waals surface area contributed by atoms with Crippen molar-refractivity contribution in [3.63, 3.8) is 0 Å². The lowest BCUT2D eigenvalue weighted by molar-refractivity contribution is -0.116. The third kappa shape index (κ3) is 4.54. The summed E-state index contributed by atoms with van der Waals surface area (Å²) in [7, 11) is 1.49. The van der Waals surface area contributed by atoms with Gasteiger partial charge in [-0.1, -0.05) is 23.7 Å². The maximum Gasteiger partial charge on any atom is 0.289 e. The Balaban J connectivity index is 1.64. The van der Waals surface area contributed by atoms with E-state index in [9.17, 15) is 14.0 Å². The van der Waals surface area contributed by atoms with Gasteiger partial charge in [-0.05, 0) is 48.5 Å². The molecule has 3 rings (SSSR count). The zero-order valence-electron chi connectivity index (χ0n) is 14.4. The van der Waals surface area contributed by atoms with Gasteiger partial charge in [-0.15, -0.1) is 0 Å². The molecule has 27 heavy (non-hydrogen) atoms. The van der Waals surface area contributed by atoms with Crippen molar-refractivity contribution in [3.8, 4) is 11.3 Å². The molecule has 0 radical (unpaired) electrons. The number of nitrogens with one attached hydrogen (secondary N) is 1. The Labute approximate surface area is 160 Å². The van der Waals surface area contributed by atoms with E-state index in [1.165, 1.54) is 42.3 Å². The van der Waals surface area contributed by atoms with Crippen LogP contribution in [0.2, 0.25) is 5.02 Å². The van der Waals surface area contributed by atoms with Gasteiger partial charge in [0.15, 0.2) is 5.76 Å². The van der Waals surface area contributed by atoms with Crippen LogP contribution in [0.3, 0.4) is 0 Å². The molecule has 138 valence electrons. The molecule has 1 N–H and O–H groups in total. The Morgan fingerprint density at radius 2 is 1.78 bits per heavy atom. The fourth-order valence-corrected chi connectivity index (χ4v) is 2.70. The average Bonchev–Trinajstić information content (AvgIpc) is 3.13. The number of likely N-dealkylation sites (N-methyl/N-ethyl adjacent to an activating group) is 1. The van der Waals surface area contributed by atoms with Crippen molar-refractivity contribution in [1.82, 2.24) is 4.90 Å². The van der Waals surface area contributed by atoms with Crippen molar-refractivity contribution < 1.29 is 18.4 Å². The van der Waals surface area contributed by atoms with E-state index < -0.39 is 17.6 Å². The second kappa shape index (κ2) is 8.05. The Bertz CT molecular complexity index is 969. The summed E-state index contributed by atoms with van der Waals surface area (Å²) in [5.74, 6) is -0.680. The van der Waals surface area contributed by atoms with Crippen LogP contribution in [-0.2, 0) is 4.79 Å². The number of hydrogen-bond donors (Lipinski definition) is 1. The minimum Gasteiger partial charge on any atom is -0.451 e. The van der Waals surface area contributed by atoms with Crippen LogP contribution in [-0.4, -0.2) is 30.3 Å². The van der Waals surface area contributed by atoms with Gasteiger partial charge in [-0.2, -0.15) is 0 Å². The van der Waals surface area contributed by atoms with Gasteiger partial charge >= 0.3 is 0 Å². The van der Waals surface area contributed by atoms with Gasteiger partial charge in [0.1, 0.15) is 11.6 Å². The van der Waals surface area contributed by atoms with Gasteiger partial charge in [0.05, 0.1) is 11.6 Å². The highest BCUT2D eigenvalue weighted by Crippen LogP contribution is 2.29. The molecule has 5 nitrogen and oxygen atoms in total. The van der Waals surface area contributed by atoms with Crippen LogP contribution >= 0.6 is 11.6 Å². The number of carbonyl (C=O) groups is 2. The summed E-state index contributed by atoms with van der Waals surface area (Å²) in [6.07, 6.45) is 0. The smallest absolute Gasteiger partial charge is 0.289 e. The van der Waals surface area contributed by atoms with Gasteiger partial charge in [0, 0.05) is 18.3 Å². The molecule has 0 saturated carbocycles. The van der Waals surface area contributed by atoms with Gasteiger partial charge in [-0.25, -0.2) is 4.39 Å². The van der Waals surface area contributed by atoms with E-state index in [1.807, 2.05) is 6.07 Å². The molecule has 0 atom stereocenters. The molecule has 1 heterocycles. The summed E-state index contributed by atoms with van der Waals surface area (Å²) in [5.41, 5.74) is 1.12. The predicted octanol–water partition coefficient (Wildman–Crippen LogP) is 4.45. The summed E-state index contributed by atoms with van der Waals surface area (Å²) in [4.78, 5) is 25.8. The molecule has 2 aromatic carbocycles. The molecule has 0 saturated heterocycles. The zero-order chi connectivity index (χ0) is 19.4. The van der Waals surface area contributed by atoms with E-state index >= 15 is 0 Å². The van der Waals surface area contributed by atoms with E-state index in [1.54, 1.807) is 24.3 Å². The molecule has 7 heteroatoms. The Morgan fingerprint density at radius 1 is 1.07 bits per heavy atom. The number of rotatable bonds is 5. The number of carbonyl (C=O) groups excluding carboxylic acids is 2. The summed E-state index contributed by atoms with van der Waals surface area (Å²) in [6, 6.07) is 15.7. The lowest BCUT2D eigenvalue weighted by atomic mass is 10.2. The van der Waals surface area contributed by atoms with Gasteiger partial charge in [0.25, 0.3) is 5.91 Å². The molecular weight excluding hydrogens is 371 g/mol. The number of amides is 2. The average molecular weight is 387 g/mol. The Hall–Kier alpha value is -3.12. The van der Waals surface area contributed by atoms with Crippen LogP contribution in [0, 0.1) is 5.82 Å². The van der Waals surface area contributed by atoms with Crippen molar-refractivity contribution in [2.45, 2.75) is 0 Å². The topological polar surface area (TPSA) is 62.6 Å². The first-order valence-corrected chi connectivity index (χ1v) is 8.47. The predicted molar refractivity (Wildman–Crippen MR) is 101 cm³/mol. The van der Waals surface area contributed by atoms with E-state index in [0.29, 0.717) is 22.0 Å². The monoisotopic (exact) mass is 386 g/mol. The van der Waals surface area contributed by atoms with Gasteiger partial charge < -0.3 is 14.6 Å². The highest BCUT2D eigenvalue weighted by Gasteiger charge is 2.19. The quantitative estimate of drug-likeness (QED) is 0.704. The van der Waals surface area contributed by atoms with Crippen molar-refractivity contribution >= 4 is 29.1 Å². The minimum atomic E-state index is -0.442. The first-order valence-electron chi connectivity index (χ1n) is 8.09. The Kier molecular flexibility index (Phi) is 5.57. The number of halogens is 2. The summed E-state index contributed by atoms with van der Waals surface area (Å²) >= 11 is 6.13. The Morgan fingerprint density at radius 3 is 2.48 bits per heavy atom. The van der Waals surface area contributed by atoms with E-state index in [4.69, 9.17) is 16.0 Å². The van der Waals surface area contributed by atoms with Crippen molar-refractivity contribution in [3.05, 3.63) is 77.3 Å². The fourth-order valence-electron chi connectivity index (χ4n) is 2.47. The van der Waals surface area contributed by atoms with Crippen LogP contribution < -0.4 is 5.32 Å². The first-order chi connectivity index (χ1) is 12.9. The molecule has 0 aliphatic rings.